The number of carbonyl (C=O) groups is 1. The van der Waals surface area contributed by atoms with E-state index in [1.807, 2.05) is 36.9 Å². The molecule has 0 aliphatic carbocycles. The van der Waals surface area contributed by atoms with Crippen molar-refractivity contribution in [1.82, 2.24) is 20.0 Å². The molecular weight excluding hydrogens is 358 g/mol. The number of carbonyl (C=O) groups excluding carboxylic acids is 1. The zero-order chi connectivity index (χ0) is 19.3. The third-order valence-corrected chi connectivity index (χ3v) is 6.77. The monoisotopic (exact) mass is 381 g/mol. The molecule has 0 unspecified atom stereocenters. The van der Waals surface area contributed by atoms with Crippen molar-refractivity contribution in [2.24, 2.45) is 0 Å². The van der Waals surface area contributed by atoms with Crippen LogP contribution >= 0.6 is 11.3 Å². The first-order valence-electron chi connectivity index (χ1n) is 8.89. The lowest BCUT2D eigenvalue weighted by Crippen LogP contribution is -2.67. The van der Waals surface area contributed by atoms with Crippen LogP contribution in [0.3, 0.4) is 0 Å². The van der Waals surface area contributed by atoms with E-state index in [0.29, 0.717) is 23.7 Å². The molecular formula is C20H23N5OS. The number of likely N-dealkylation sites (tertiary alicyclic amines) is 1. The van der Waals surface area contributed by atoms with Gasteiger partial charge in [-0.3, -0.25) is 9.69 Å². The number of hydrogen-bond acceptors (Lipinski definition) is 6. The van der Waals surface area contributed by atoms with E-state index < -0.39 is 0 Å². The number of anilines is 1. The Balaban J connectivity index is 1.65. The number of rotatable bonds is 3. The molecule has 3 aromatic rings. The molecule has 0 bridgehead atoms. The maximum atomic E-state index is 13.1. The second-order valence-corrected chi connectivity index (χ2v) is 8.39. The van der Waals surface area contributed by atoms with Crippen molar-refractivity contribution in [2.75, 3.05) is 32.9 Å². The molecule has 1 amide bonds. The Labute approximate surface area is 162 Å². The van der Waals surface area contributed by atoms with Gasteiger partial charge in [0, 0.05) is 18.5 Å². The van der Waals surface area contributed by atoms with Crippen LogP contribution in [-0.2, 0) is 5.54 Å². The minimum Gasteiger partial charge on any atom is -0.397 e. The highest BCUT2D eigenvalue weighted by atomic mass is 32.1. The molecule has 0 saturated carbocycles. The normalized spacial score (nSPS) is 16.0. The predicted octanol–water partition coefficient (Wildman–Crippen LogP) is 2.80. The van der Waals surface area contributed by atoms with Gasteiger partial charge in [-0.15, -0.1) is 16.4 Å². The van der Waals surface area contributed by atoms with Gasteiger partial charge in [0.05, 0.1) is 16.9 Å². The van der Waals surface area contributed by atoms with Crippen LogP contribution in [0.1, 0.15) is 26.5 Å². The number of nitrogens with zero attached hydrogens (tertiary/aromatic N) is 4. The van der Waals surface area contributed by atoms with Crippen molar-refractivity contribution in [2.45, 2.75) is 19.4 Å². The molecule has 2 N–H and O–H groups in total. The summed E-state index contributed by atoms with van der Waals surface area (Å²) in [6.45, 7) is 5.15. The van der Waals surface area contributed by atoms with Crippen LogP contribution in [0.5, 0.6) is 0 Å². The fourth-order valence-electron chi connectivity index (χ4n) is 3.74. The minimum absolute atomic E-state index is 0.0269. The van der Waals surface area contributed by atoms with Crippen LogP contribution < -0.4 is 5.73 Å². The molecule has 2 aromatic heterocycles. The Hall–Kier alpha value is -2.51. The number of thiophene rings is 1. The Morgan fingerprint density at radius 2 is 1.85 bits per heavy atom. The first kappa shape index (κ1) is 17.9. The number of fused-ring (bicyclic) bond motifs is 1. The van der Waals surface area contributed by atoms with Crippen molar-refractivity contribution in [3.05, 3.63) is 52.0 Å². The van der Waals surface area contributed by atoms with Crippen LogP contribution in [0.2, 0.25) is 0 Å². The van der Waals surface area contributed by atoms with Gasteiger partial charge < -0.3 is 10.6 Å². The van der Waals surface area contributed by atoms with Crippen LogP contribution in [0.15, 0.2) is 30.3 Å². The Bertz CT molecular complexity index is 1020. The fourth-order valence-corrected chi connectivity index (χ4v) is 4.81. The summed E-state index contributed by atoms with van der Waals surface area (Å²) in [6.07, 6.45) is 0. The largest absolute Gasteiger partial charge is 0.397 e. The van der Waals surface area contributed by atoms with E-state index in [9.17, 15) is 4.79 Å². The SMILES string of the molecule is Cc1nnc2sc(C(=O)N3CC(c4ccccc4)(N(C)C)C3)c(N)c2c1C. The van der Waals surface area contributed by atoms with Crippen molar-refractivity contribution >= 4 is 33.1 Å². The first-order valence-corrected chi connectivity index (χ1v) is 9.71. The van der Waals surface area contributed by atoms with Crippen LogP contribution in [0.25, 0.3) is 10.2 Å². The minimum atomic E-state index is -0.158. The highest BCUT2D eigenvalue weighted by molar-refractivity contribution is 7.21. The predicted molar refractivity (Wildman–Crippen MR) is 109 cm³/mol. The molecule has 0 spiro atoms. The molecule has 6 nitrogen and oxygen atoms in total. The lowest BCUT2D eigenvalue weighted by atomic mass is 9.81. The maximum absolute atomic E-state index is 13.1. The van der Waals surface area contributed by atoms with E-state index in [1.54, 1.807) is 0 Å². The molecule has 7 heteroatoms. The van der Waals surface area contributed by atoms with E-state index in [2.05, 4.69) is 41.3 Å². The van der Waals surface area contributed by atoms with Crippen molar-refractivity contribution in [3.63, 3.8) is 0 Å². The average Bonchev–Trinajstić information content (AvgIpc) is 2.95. The summed E-state index contributed by atoms with van der Waals surface area (Å²) >= 11 is 1.33. The van der Waals surface area contributed by atoms with Crippen LogP contribution in [-0.4, -0.2) is 53.1 Å². The summed E-state index contributed by atoms with van der Waals surface area (Å²) in [5, 5.41) is 9.24. The summed E-state index contributed by atoms with van der Waals surface area (Å²) in [6, 6.07) is 10.3. The number of benzene rings is 1. The van der Waals surface area contributed by atoms with Gasteiger partial charge >= 0.3 is 0 Å². The number of nitrogens with two attached hydrogens (primary N) is 1. The Morgan fingerprint density at radius 1 is 1.19 bits per heavy atom. The molecule has 0 atom stereocenters. The quantitative estimate of drug-likeness (QED) is 0.755. The Morgan fingerprint density at radius 3 is 2.48 bits per heavy atom. The van der Waals surface area contributed by atoms with Gasteiger partial charge in [0.1, 0.15) is 9.71 Å². The van der Waals surface area contributed by atoms with Gasteiger partial charge in [0.25, 0.3) is 5.91 Å². The second kappa shape index (κ2) is 6.28. The van der Waals surface area contributed by atoms with Crippen LogP contribution in [0.4, 0.5) is 5.69 Å². The molecule has 1 fully saturated rings. The summed E-state index contributed by atoms with van der Waals surface area (Å²) in [7, 11) is 4.12. The number of hydrogen-bond donors (Lipinski definition) is 1. The van der Waals surface area contributed by atoms with E-state index in [4.69, 9.17) is 5.73 Å². The lowest BCUT2D eigenvalue weighted by molar-refractivity contribution is -0.0208. The molecule has 27 heavy (non-hydrogen) atoms. The standard InChI is InChI=1S/C20H23N5OS/c1-12-13(2)22-23-18-15(12)16(21)17(27-18)19(26)25-10-20(11-25,24(3)4)14-8-6-5-7-9-14/h5-9H,10-11,21H2,1-4H3. The fraction of sp³-hybridized carbons (Fsp3) is 0.350. The van der Waals surface area contributed by atoms with Crippen LogP contribution in [0, 0.1) is 13.8 Å². The van der Waals surface area contributed by atoms with E-state index in [1.165, 1.54) is 16.9 Å². The molecule has 0 radical (unpaired) electrons. The number of nitrogen functional groups attached to an aromatic ring is 1. The van der Waals surface area contributed by atoms with Gasteiger partial charge in [-0.05, 0) is 39.1 Å². The van der Waals surface area contributed by atoms with Gasteiger partial charge in [0.15, 0.2) is 0 Å². The zero-order valence-corrected chi connectivity index (χ0v) is 16.8. The summed E-state index contributed by atoms with van der Waals surface area (Å²) in [5.41, 5.74) is 9.77. The summed E-state index contributed by atoms with van der Waals surface area (Å²) in [4.78, 5) is 18.5. The van der Waals surface area contributed by atoms with Crippen molar-refractivity contribution in [1.29, 1.82) is 0 Å². The van der Waals surface area contributed by atoms with E-state index in [0.717, 1.165) is 21.5 Å². The van der Waals surface area contributed by atoms with Gasteiger partial charge in [-0.1, -0.05) is 30.3 Å². The highest BCUT2D eigenvalue weighted by Crippen LogP contribution is 2.40. The number of amides is 1. The lowest BCUT2D eigenvalue weighted by Gasteiger charge is -2.54. The molecule has 1 aromatic carbocycles. The molecule has 1 aliphatic heterocycles. The number of aryl methyl sites for hydroxylation is 2. The third kappa shape index (κ3) is 2.61. The smallest absolute Gasteiger partial charge is 0.266 e. The van der Waals surface area contributed by atoms with Gasteiger partial charge in [0.2, 0.25) is 0 Å². The third-order valence-electron chi connectivity index (χ3n) is 5.69. The summed E-state index contributed by atoms with van der Waals surface area (Å²) < 4.78 is 0. The molecule has 140 valence electrons. The summed E-state index contributed by atoms with van der Waals surface area (Å²) in [5.74, 6) is -0.0269. The molecule has 4 rings (SSSR count). The van der Waals surface area contributed by atoms with E-state index in [-0.39, 0.29) is 11.4 Å². The van der Waals surface area contributed by atoms with Gasteiger partial charge in [-0.2, -0.15) is 5.10 Å². The second-order valence-electron chi connectivity index (χ2n) is 7.39. The van der Waals surface area contributed by atoms with Gasteiger partial charge in [-0.25, -0.2) is 0 Å². The Kier molecular flexibility index (Phi) is 4.16. The zero-order valence-electron chi connectivity index (χ0n) is 16.0. The highest BCUT2D eigenvalue weighted by Gasteiger charge is 2.48. The average molecular weight is 382 g/mol. The molecule has 1 aliphatic rings. The maximum Gasteiger partial charge on any atom is 0.266 e. The topological polar surface area (TPSA) is 75.4 Å². The van der Waals surface area contributed by atoms with E-state index >= 15 is 0 Å². The number of likely N-dealkylation sites (N-methyl/N-ethyl adjacent to an activating group) is 1. The van der Waals surface area contributed by atoms with Crippen molar-refractivity contribution < 1.29 is 4.79 Å². The number of aromatic nitrogens is 2. The van der Waals surface area contributed by atoms with Crippen molar-refractivity contribution in [3.8, 4) is 0 Å². The molecule has 1 saturated heterocycles. The molecule has 3 heterocycles. The first-order chi connectivity index (χ1) is 12.8.